The molecule has 1 atom stereocenters. The van der Waals surface area contributed by atoms with E-state index in [0.29, 0.717) is 6.04 Å². The van der Waals surface area contributed by atoms with Crippen LogP contribution in [0.3, 0.4) is 0 Å². The van der Waals surface area contributed by atoms with Crippen LogP contribution in [0.15, 0.2) is 90.7 Å². The Morgan fingerprint density at radius 3 is 2.06 bits per heavy atom. The Bertz CT molecular complexity index is 1550. The van der Waals surface area contributed by atoms with Gasteiger partial charge in [0.1, 0.15) is 4.70 Å². The molecule has 3 nitrogen and oxygen atoms in total. The first kappa shape index (κ1) is 45.2. The number of allylic oxidation sites excluding steroid dienone is 7. The average Bonchev–Trinajstić information content (AvgIpc) is 3.58. The van der Waals surface area contributed by atoms with E-state index in [4.69, 9.17) is 0 Å². The first-order chi connectivity index (χ1) is 23.8. The predicted molar refractivity (Wildman–Crippen MR) is 217 cm³/mol. The lowest BCUT2D eigenvalue weighted by atomic mass is 9.83. The Balaban J connectivity index is 0.00000451. The maximum absolute atomic E-state index is 2.63. The Hall–Kier alpha value is -1.99. The molecule has 4 rings (SSSR count). The Morgan fingerprint density at radius 2 is 1.35 bits per heavy atom. The van der Waals surface area contributed by atoms with E-state index in [2.05, 4.69) is 149 Å². The maximum atomic E-state index is 2.63. The van der Waals surface area contributed by atoms with Crippen LogP contribution in [-0.2, 0) is 12.0 Å². The fourth-order valence-corrected chi connectivity index (χ4v) is 8.94. The van der Waals surface area contributed by atoms with Crippen molar-refractivity contribution in [2.45, 2.75) is 131 Å². The molecule has 1 aromatic heterocycles. The standard InChI is InChI=1S/C45H67N3S.2BrH/c1-8-12-13-14-15-16-18-21-29-38(5)47-40-31-25-24-30-39(40)45(6,7)43(47)34-22-19-17-20-23-35-44-46(41-32-26-27-33-42(41)49-44)36-28-37-48(9-2,10-3)11-4;;/h17,19-20,22-27,30-35,38H,8-16,18,21,28-29,36-37H2,1-7H3;2*1H/q+2;;/p-2. The van der Waals surface area contributed by atoms with Crippen molar-refractivity contribution in [3.05, 3.63) is 101 Å². The number of aromatic nitrogens is 1. The van der Waals surface area contributed by atoms with E-state index >= 15 is 0 Å². The number of fused-ring (bicyclic) bond motifs is 2. The maximum Gasteiger partial charge on any atom is 0.262 e. The number of rotatable bonds is 21. The lowest BCUT2D eigenvalue weighted by molar-refractivity contribution is -0.925. The van der Waals surface area contributed by atoms with Crippen LogP contribution in [0.5, 0.6) is 0 Å². The molecule has 0 saturated carbocycles. The van der Waals surface area contributed by atoms with Gasteiger partial charge in [0.15, 0.2) is 6.54 Å². The SMILES string of the molecule is CCCCCCCCCCC(C)N1C(=CC=CC=CC=Cc2sc3ccccc3[n+]2CCC[N+](CC)(CC)CC)C(C)(C)c2ccccc21.[Br-].[Br-]. The highest BCUT2D eigenvalue weighted by Crippen LogP contribution is 2.49. The zero-order chi connectivity index (χ0) is 35.1. The summed E-state index contributed by atoms with van der Waals surface area (Å²) in [6, 6.07) is 18.4. The molecule has 1 aliphatic heterocycles. The lowest BCUT2D eigenvalue weighted by Gasteiger charge is -2.35. The third-order valence-corrected chi connectivity index (χ3v) is 12.4. The van der Waals surface area contributed by atoms with Gasteiger partial charge in [0.05, 0.1) is 32.6 Å². The number of benzene rings is 2. The summed E-state index contributed by atoms with van der Waals surface area (Å²) in [6.45, 7) is 22.5. The molecule has 2 heterocycles. The van der Waals surface area contributed by atoms with Crippen LogP contribution < -0.4 is 43.4 Å². The third kappa shape index (κ3) is 12.0. The minimum atomic E-state index is -0.0170. The molecular weight excluding hydrogens is 774 g/mol. The summed E-state index contributed by atoms with van der Waals surface area (Å²) in [7, 11) is 0. The number of aryl methyl sites for hydroxylation is 1. The van der Waals surface area contributed by atoms with Crippen LogP contribution in [0.1, 0.15) is 123 Å². The zero-order valence-electron chi connectivity index (χ0n) is 32.9. The molecule has 1 unspecified atom stereocenters. The quantitative estimate of drug-likeness (QED) is 0.0538. The number of unbranched alkanes of at least 4 members (excludes halogenated alkanes) is 7. The molecule has 1 aliphatic rings. The summed E-state index contributed by atoms with van der Waals surface area (Å²) < 4.78 is 5.10. The zero-order valence-corrected chi connectivity index (χ0v) is 36.8. The summed E-state index contributed by atoms with van der Waals surface area (Å²) in [5.41, 5.74) is 5.57. The molecule has 0 amide bonds. The van der Waals surface area contributed by atoms with Gasteiger partial charge >= 0.3 is 0 Å². The third-order valence-electron chi connectivity index (χ3n) is 11.3. The van der Waals surface area contributed by atoms with E-state index in [9.17, 15) is 0 Å². The molecular formula is C45H67Br2N3S. The van der Waals surface area contributed by atoms with Crippen molar-refractivity contribution in [1.29, 1.82) is 0 Å². The second-order valence-corrected chi connectivity index (χ2v) is 15.8. The van der Waals surface area contributed by atoms with Gasteiger partial charge in [-0.2, -0.15) is 4.57 Å². The van der Waals surface area contributed by atoms with Crippen LogP contribution in [-0.4, -0.2) is 36.7 Å². The van der Waals surface area contributed by atoms with Crippen molar-refractivity contribution < 1.29 is 43.0 Å². The highest BCUT2D eigenvalue weighted by Gasteiger charge is 2.41. The van der Waals surface area contributed by atoms with E-state index in [1.54, 1.807) is 0 Å². The highest BCUT2D eigenvalue weighted by molar-refractivity contribution is 7.18. The van der Waals surface area contributed by atoms with E-state index in [1.165, 1.54) is 127 Å². The van der Waals surface area contributed by atoms with Crippen LogP contribution in [0.25, 0.3) is 16.3 Å². The molecule has 0 fully saturated rings. The molecule has 0 saturated heterocycles. The van der Waals surface area contributed by atoms with Gasteiger partial charge in [-0.25, -0.2) is 0 Å². The smallest absolute Gasteiger partial charge is 0.262 e. The molecule has 0 bridgehead atoms. The molecule has 0 N–H and O–H groups in total. The van der Waals surface area contributed by atoms with E-state index in [1.807, 2.05) is 11.3 Å². The summed E-state index contributed by atoms with van der Waals surface area (Å²) in [5.74, 6) is 0. The van der Waals surface area contributed by atoms with Crippen molar-refractivity contribution in [3.8, 4) is 0 Å². The number of thiazole rings is 1. The number of anilines is 1. The number of hydrogen-bond donors (Lipinski definition) is 0. The highest BCUT2D eigenvalue weighted by atomic mass is 79.9. The summed E-state index contributed by atoms with van der Waals surface area (Å²) in [4.78, 5) is 2.63. The Kier molecular flexibility index (Phi) is 20.3. The minimum Gasteiger partial charge on any atom is -1.00 e. The van der Waals surface area contributed by atoms with Crippen LogP contribution in [0, 0.1) is 0 Å². The molecule has 2 aromatic carbocycles. The molecule has 282 valence electrons. The first-order valence-corrected chi connectivity index (χ1v) is 20.5. The summed E-state index contributed by atoms with van der Waals surface area (Å²) >= 11 is 1.90. The van der Waals surface area contributed by atoms with Gasteiger partial charge in [-0.15, -0.1) is 0 Å². The van der Waals surface area contributed by atoms with Crippen molar-refractivity contribution >= 4 is 33.3 Å². The Labute approximate surface area is 337 Å². The van der Waals surface area contributed by atoms with Crippen molar-refractivity contribution in [2.24, 2.45) is 0 Å². The van der Waals surface area contributed by atoms with Crippen molar-refractivity contribution in [1.82, 2.24) is 0 Å². The normalized spacial score (nSPS) is 15.7. The van der Waals surface area contributed by atoms with Crippen molar-refractivity contribution in [2.75, 3.05) is 31.1 Å². The van der Waals surface area contributed by atoms with E-state index in [0.717, 1.165) is 6.54 Å². The van der Waals surface area contributed by atoms with Crippen LogP contribution in [0.4, 0.5) is 5.69 Å². The van der Waals surface area contributed by atoms with Gasteiger partial charge in [-0.3, -0.25) is 0 Å². The second kappa shape index (κ2) is 22.9. The fourth-order valence-electron chi connectivity index (χ4n) is 7.84. The monoisotopic (exact) mass is 839 g/mol. The average molecular weight is 842 g/mol. The number of quaternary nitrogens is 1. The van der Waals surface area contributed by atoms with Gasteiger partial charge in [0.25, 0.3) is 5.01 Å². The van der Waals surface area contributed by atoms with Gasteiger partial charge in [-0.1, -0.05) is 144 Å². The van der Waals surface area contributed by atoms with Crippen molar-refractivity contribution in [3.63, 3.8) is 0 Å². The van der Waals surface area contributed by atoms with E-state index < -0.39 is 0 Å². The number of halogens is 2. The summed E-state index contributed by atoms with van der Waals surface area (Å²) in [5, 5.41) is 1.33. The molecule has 6 heteroatoms. The topological polar surface area (TPSA) is 7.12 Å². The Morgan fingerprint density at radius 1 is 0.745 bits per heavy atom. The van der Waals surface area contributed by atoms with Gasteiger partial charge in [0.2, 0.25) is 5.52 Å². The number of nitrogens with zero attached hydrogens (tertiary/aromatic N) is 3. The molecule has 51 heavy (non-hydrogen) atoms. The molecule has 0 spiro atoms. The molecule has 3 aromatic rings. The number of hydrogen-bond acceptors (Lipinski definition) is 2. The molecule has 0 radical (unpaired) electrons. The fraction of sp³-hybridized carbons (Fsp3) is 0.533. The lowest BCUT2D eigenvalue weighted by Crippen LogP contribution is -3.00. The van der Waals surface area contributed by atoms with Gasteiger partial charge < -0.3 is 43.3 Å². The van der Waals surface area contributed by atoms with Gasteiger partial charge in [-0.05, 0) is 57.9 Å². The number of para-hydroxylation sites is 2. The predicted octanol–water partition coefficient (Wildman–Crippen LogP) is 6.19. The second-order valence-electron chi connectivity index (χ2n) is 14.7. The van der Waals surface area contributed by atoms with E-state index in [-0.39, 0.29) is 39.4 Å². The largest absolute Gasteiger partial charge is 1.00 e. The van der Waals surface area contributed by atoms with Gasteiger partial charge in [0, 0.05) is 35.0 Å². The van der Waals surface area contributed by atoms with Crippen LogP contribution in [0.2, 0.25) is 0 Å². The van der Waals surface area contributed by atoms with Crippen LogP contribution >= 0.6 is 11.3 Å². The molecule has 0 aliphatic carbocycles. The summed E-state index contributed by atoms with van der Waals surface area (Å²) in [6.07, 6.45) is 29.0. The minimum absolute atomic E-state index is 0. The first-order valence-electron chi connectivity index (χ1n) is 19.7.